The van der Waals surface area contributed by atoms with Crippen molar-refractivity contribution in [2.45, 2.75) is 45.4 Å². The molecule has 0 aliphatic carbocycles. The van der Waals surface area contributed by atoms with Crippen molar-refractivity contribution in [3.8, 4) is 5.75 Å². The van der Waals surface area contributed by atoms with Crippen LogP contribution in [-0.4, -0.2) is 37.2 Å². The summed E-state index contributed by atoms with van der Waals surface area (Å²) in [6.45, 7) is 3.99. The number of aromatic amines is 1. The number of rotatable bonds is 11. The van der Waals surface area contributed by atoms with Gasteiger partial charge in [-0.25, -0.2) is 4.68 Å². The molecule has 0 saturated carbocycles. The molecule has 1 unspecified atom stereocenters. The van der Waals surface area contributed by atoms with Gasteiger partial charge in [0.25, 0.3) is 5.56 Å². The third-order valence-electron chi connectivity index (χ3n) is 6.58. The summed E-state index contributed by atoms with van der Waals surface area (Å²) < 4.78 is 7.21. The van der Waals surface area contributed by atoms with E-state index in [1.165, 1.54) is 10.4 Å². The van der Waals surface area contributed by atoms with E-state index in [1.807, 2.05) is 47.1 Å². The van der Waals surface area contributed by atoms with Crippen LogP contribution >= 0.6 is 11.3 Å². The molecule has 0 spiro atoms. The Morgan fingerprint density at radius 2 is 1.95 bits per heavy atom. The number of pyridine rings is 1. The van der Waals surface area contributed by atoms with Crippen LogP contribution in [0, 0.1) is 0 Å². The molecule has 0 radical (unpaired) electrons. The highest BCUT2D eigenvalue weighted by Gasteiger charge is 2.26. The van der Waals surface area contributed by atoms with Crippen molar-refractivity contribution in [3.63, 3.8) is 0 Å². The fourth-order valence-corrected chi connectivity index (χ4v) is 5.39. The largest absolute Gasteiger partial charge is 0.497 e. The Labute approximate surface area is 219 Å². The van der Waals surface area contributed by atoms with Crippen molar-refractivity contribution in [1.82, 2.24) is 30.1 Å². The van der Waals surface area contributed by atoms with E-state index in [4.69, 9.17) is 4.74 Å². The van der Waals surface area contributed by atoms with Crippen LogP contribution < -0.4 is 10.3 Å². The fraction of sp³-hybridized carbons (Fsp3) is 0.286. The highest BCUT2D eigenvalue weighted by atomic mass is 32.1. The maximum absolute atomic E-state index is 13.1. The maximum Gasteiger partial charge on any atom is 0.252 e. The molecule has 3 aromatic heterocycles. The summed E-state index contributed by atoms with van der Waals surface area (Å²) in [6, 6.07) is 22.2. The molecule has 0 bridgehead atoms. The number of H-pyrrole nitrogens is 1. The van der Waals surface area contributed by atoms with Crippen molar-refractivity contribution in [1.29, 1.82) is 0 Å². The Kier molecular flexibility index (Phi) is 7.72. The number of nitrogens with zero attached hydrogens (tertiary/aromatic N) is 5. The number of tetrazole rings is 1. The number of nitrogens with one attached hydrogen (secondary N) is 1. The van der Waals surface area contributed by atoms with E-state index in [-0.39, 0.29) is 11.6 Å². The van der Waals surface area contributed by atoms with Crippen LogP contribution in [0.15, 0.2) is 76.9 Å². The van der Waals surface area contributed by atoms with Crippen LogP contribution in [0.3, 0.4) is 0 Å². The molecular weight excluding hydrogens is 484 g/mol. The van der Waals surface area contributed by atoms with Crippen LogP contribution in [0.5, 0.6) is 5.75 Å². The maximum atomic E-state index is 13.1. The Morgan fingerprint density at radius 1 is 1.08 bits per heavy atom. The zero-order valence-corrected chi connectivity index (χ0v) is 21.8. The predicted molar refractivity (Wildman–Crippen MR) is 146 cm³/mol. The number of aryl methyl sites for hydroxylation is 2. The van der Waals surface area contributed by atoms with Gasteiger partial charge in [-0.15, -0.1) is 16.4 Å². The molecular formula is C28H30N6O2S. The summed E-state index contributed by atoms with van der Waals surface area (Å²) in [4.78, 5) is 19.7. The summed E-state index contributed by atoms with van der Waals surface area (Å²) in [5.74, 6) is 1.53. The standard InChI is InChI=1S/C28H30N6O2S/c1-3-26(27-30-31-32-34(27)14-13-20-8-5-4-6-9-20)33(19-24-10-7-15-37-24)18-22-16-21-11-12-23(36-2)17-25(21)29-28(22)35/h4-12,15-17,26H,3,13-14,18-19H2,1-2H3,(H,29,35). The molecule has 3 heterocycles. The number of fused-ring (bicyclic) bond motifs is 1. The molecule has 0 fully saturated rings. The summed E-state index contributed by atoms with van der Waals surface area (Å²) in [5.41, 5.74) is 2.60. The van der Waals surface area contributed by atoms with Gasteiger partial charge in [-0.3, -0.25) is 9.69 Å². The average Bonchev–Trinajstić information content (AvgIpc) is 3.61. The minimum absolute atomic E-state index is 0.0566. The van der Waals surface area contributed by atoms with Gasteiger partial charge in [0.1, 0.15) is 5.75 Å². The second-order valence-corrected chi connectivity index (χ2v) is 10.0. The van der Waals surface area contributed by atoms with Crippen molar-refractivity contribution < 1.29 is 4.74 Å². The van der Waals surface area contributed by atoms with Crippen molar-refractivity contribution in [3.05, 3.63) is 104 Å². The Hall–Kier alpha value is -3.82. The molecule has 1 N–H and O–H groups in total. The average molecular weight is 515 g/mol. The van der Waals surface area contributed by atoms with Crippen LogP contribution in [0.25, 0.3) is 10.9 Å². The normalized spacial score (nSPS) is 12.3. The quantitative estimate of drug-likeness (QED) is 0.267. The molecule has 190 valence electrons. The van der Waals surface area contributed by atoms with Gasteiger partial charge in [-0.2, -0.15) is 0 Å². The first kappa shape index (κ1) is 24.9. The van der Waals surface area contributed by atoms with Gasteiger partial charge in [0.2, 0.25) is 0 Å². The number of aromatic nitrogens is 5. The highest BCUT2D eigenvalue weighted by molar-refractivity contribution is 7.09. The van der Waals surface area contributed by atoms with Crippen molar-refractivity contribution >= 4 is 22.2 Å². The predicted octanol–water partition coefficient (Wildman–Crippen LogP) is 4.98. The molecule has 5 aromatic rings. The number of hydrogen-bond acceptors (Lipinski definition) is 7. The number of hydrogen-bond donors (Lipinski definition) is 1. The molecule has 9 heteroatoms. The first-order valence-electron chi connectivity index (χ1n) is 12.4. The fourth-order valence-electron chi connectivity index (χ4n) is 4.66. The van der Waals surface area contributed by atoms with Gasteiger partial charge in [-0.05, 0) is 63.9 Å². The van der Waals surface area contributed by atoms with E-state index in [0.29, 0.717) is 30.9 Å². The zero-order chi connectivity index (χ0) is 25.6. The topological polar surface area (TPSA) is 88.9 Å². The smallest absolute Gasteiger partial charge is 0.252 e. The molecule has 1 atom stereocenters. The highest BCUT2D eigenvalue weighted by Crippen LogP contribution is 2.28. The second kappa shape index (κ2) is 11.5. The molecule has 5 rings (SSSR count). The molecule has 8 nitrogen and oxygen atoms in total. The molecule has 0 saturated heterocycles. The summed E-state index contributed by atoms with van der Waals surface area (Å²) >= 11 is 1.71. The number of benzene rings is 2. The zero-order valence-electron chi connectivity index (χ0n) is 21.0. The Morgan fingerprint density at radius 3 is 2.70 bits per heavy atom. The molecule has 0 amide bonds. The van der Waals surface area contributed by atoms with Crippen LogP contribution in [0.1, 0.15) is 41.2 Å². The molecule has 0 aliphatic rings. The third kappa shape index (κ3) is 5.79. The number of ether oxygens (including phenoxy) is 1. The van der Waals surface area contributed by atoms with Gasteiger partial charge in [0, 0.05) is 36.1 Å². The van der Waals surface area contributed by atoms with Crippen LogP contribution in [0.4, 0.5) is 0 Å². The Balaban J connectivity index is 1.45. The SMILES string of the molecule is CCC(c1nnnn1CCc1ccccc1)N(Cc1cccs1)Cc1cc2ccc(OC)cc2[nH]c1=O. The lowest BCUT2D eigenvalue weighted by Gasteiger charge is -2.30. The molecule has 2 aromatic carbocycles. The van der Waals surface area contributed by atoms with Crippen molar-refractivity contribution in [2.24, 2.45) is 0 Å². The van der Waals surface area contributed by atoms with Gasteiger partial charge >= 0.3 is 0 Å². The second-order valence-electron chi connectivity index (χ2n) is 8.98. The summed E-state index contributed by atoms with van der Waals surface area (Å²) in [7, 11) is 1.62. The minimum atomic E-state index is -0.101. The number of thiophene rings is 1. The van der Waals surface area contributed by atoms with E-state index in [2.05, 4.69) is 62.0 Å². The molecule has 37 heavy (non-hydrogen) atoms. The van der Waals surface area contributed by atoms with E-state index in [1.54, 1.807) is 18.4 Å². The van der Waals surface area contributed by atoms with Crippen LogP contribution in [0.2, 0.25) is 0 Å². The van der Waals surface area contributed by atoms with Gasteiger partial charge in [-0.1, -0.05) is 43.3 Å². The monoisotopic (exact) mass is 514 g/mol. The first-order valence-corrected chi connectivity index (χ1v) is 13.3. The number of methoxy groups -OCH3 is 1. The van der Waals surface area contributed by atoms with E-state index >= 15 is 0 Å². The van der Waals surface area contributed by atoms with Crippen LogP contribution in [-0.2, 0) is 26.1 Å². The first-order chi connectivity index (χ1) is 18.1. The van der Waals surface area contributed by atoms with E-state index in [9.17, 15) is 4.79 Å². The van der Waals surface area contributed by atoms with E-state index < -0.39 is 0 Å². The third-order valence-corrected chi connectivity index (χ3v) is 7.44. The lowest BCUT2D eigenvalue weighted by atomic mass is 10.1. The van der Waals surface area contributed by atoms with E-state index in [0.717, 1.165) is 29.6 Å². The van der Waals surface area contributed by atoms with Crippen molar-refractivity contribution in [2.75, 3.05) is 7.11 Å². The summed E-state index contributed by atoms with van der Waals surface area (Å²) in [6.07, 6.45) is 1.65. The van der Waals surface area contributed by atoms with Gasteiger partial charge in [0.15, 0.2) is 5.82 Å². The molecule has 0 aliphatic heterocycles. The lowest BCUT2D eigenvalue weighted by Crippen LogP contribution is -2.32. The Bertz CT molecular complexity index is 1500. The van der Waals surface area contributed by atoms with Gasteiger partial charge < -0.3 is 9.72 Å². The minimum Gasteiger partial charge on any atom is -0.497 e. The summed E-state index contributed by atoms with van der Waals surface area (Å²) in [5, 5.41) is 15.8. The van der Waals surface area contributed by atoms with Gasteiger partial charge in [0.05, 0.1) is 18.7 Å². The lowest BCUT2D eigenvalue weighted by molar-refractivity contribution is 0.162.